The van der Waals surface area contributed by atoms with E-state index in [4.69, 9.17) is 0 Å². The highest BCUT2D eigenvalue weighted by Gasteiger charge is 2.34. The molecule has 1 aromatic carbocycles. The Morgan fingerprint density at radius 2 is 1.29 bits per heavy atom. The van der Waals surface area contributed by atoms with Crippen molar-refractivity contribution >= 4 is 22.5 Å². The predicted molar refractivity (Wildman–Crippen MR) is 100 cm³/mol. The van der Waals surface area contributed by atoms with E-state index in [1.807, 2.05) is 59.7 Å². The topological polar surface area (TPSA) is 46.5 Å². The van der Waals surface area contributed by atoms with Crippen LogP contribution in [0.25, 0.3) is 0 Å². The Bertz CT molecular complexity index is 721. The Hall–Kier alpha value is -1.81. The van der Waals surface area contributed by atoms with Gasteiger partial charge in [0.2, 0.25) is 0 Å². The molecule has 0 fully saturated rings. The van der Waals surface area contributed by atoms with Gasteiger partial charge < -0.3 is 0 Å². The van der Waals surface area contributed by atoms with E-state index in [0.717, 1.165) is 11.1 Å². The van der Waals surface area contributed by atoms with Crippen LogP contribution >= 0.6 is 0 Å². The number of rotatable bonds is 2. The van der Waals surface area contributed by atoms with Crippen LogP contribution in [0.15, 0.2) is 62.9 Å². The zero-order valence-corrected chi connectivity index (χ0v) is 16.0. The van der Waals surface area contributed by atoms with Gasteiger partial charge in [-0.05, 0) is 46.3 Å². The second-order valence-electron chi connectivity index (χ2n) is 8.02. The molecule has 1 atom stereocenters. The number of carbonyl (C=O) groups is 1. The number of hydrogen-bond donors (Lipinski definition) is 0. The first kappa shape index (κ1) is 18.5. The Balaban J connectivity index is 2.61. The summed E-state index contributed by atoms with van der Waals surface area (Å²) in [5.74, 6) is -0.0331. The minimum atomic E-state index is -1.51. The van der Waals surface area contributed by atoms with Crippen LogP contribution in [0.1, 0.15) is 41.5 Å². The average molecular weight is 343 g/mol. The standard InChI is InChI=1S/C20H25NO2S/c1-19(2,3)16-12-14(22)13-17(20(4,5)6)18(16)21-24(23)15-10-8-7-9-11-15/h7-13H,1-6H3. The van der Waals surface area contributed by atoms with Gasteiger partial charge in [-0.25, -0.2) is 4.21 Å². The van der Waals surface area contributed by atoms with Crippen molar-refractivity contribution in [1.29, 1.82) is 0 Å². The molecule has 0 spiro atoms. The molecule has 0 N–H and O–H groups in total. The van der Waals surface area contributed by atoms with Gasteiger partial charge in [-0.15, -0.1) is 0 Å². The summed E-state index contributed by atoms with van der Waals surface area (Å²) in [6.45, 7) is 12.2. The molecule has 1 aliphatic rings. The molecular weight excluding hydrogens is 318 g/mol. The van der Waals surface area contributed by atoms with Gasteiger partial charge in [-0.2, -0.15) is 4.40 Å². The maximum atomic E-state index is 12.7. The van der Waals surface area contributed by atoms with Crippen molar-refractivity contribution in [2.45, 2.75) is 46.4 Å². The van der Waals surface area contributed by atoms with Crippen LogP contribution in [0.4, 0.5) is 0 Å². The SMILES string of the molecule is CC(C)(C)C1=CC(=O)C=C(C(C)(C)C)C1=NS(=O)c1ccccc1. The zero-order chi connectivity index (χ0) is 18.1. The van der Waals surface area contributed by atoms with E-state index >= 15 is 0 Å². The minimum absolute atomic E-state index is 0.0331. The largest absolute Gasteiger partial charge is 0.290 e. The molecule has 128 valence electrons. The van der Waals surface area contributed by atoms with Gasteiger partial charge in [0.05, 0.1) is 10.6 Å². The monoisotopic (exact) mass is 343 g/mol. The van der Waals surface area contributed by atoms with Crippen molar-refractivity contribution in [2.75, 3.05) is 0 Å². The maximum absolute atomic E-state index is 12.7. The molecule has 0 radical (unpaired) electrons. The van der Waals surface area contributed by atoms with E-state index in [1.54, 1.807) is 24.3 Å². The number of allylic oxidation sites excluding steroid dienone is 4. The highest BCUT2D eigenvalue weighted by molar-refractivity contribution is 7.84. The molecular formula is C20H25NO2S. The normalized spacial score (nSPS) is 17.2. The van der Waals surface area contributed by atoms with Gasteiger partial charge in [-0.3, -0.25) is 4.79 Å². The average Bonchev–Trinajstić information content (AvgIpc) is 2.47. The fourth-order valence-corrected chi connectivity index (χ4v) is 3.38. The van der Waals surface area contributed by atoms with Gasteiger partial charge >= 0.3 is 0 Å². The van der Waals surface area contributed by atoms with Crippen LogP contribution in [0.5, 0.6) is 0 Å². The summed E-state index contributed by atoms with van der Waals surface area (Å²) < 4.78 is 17.3. The van der Waals surface area contributed by atoms with Crippen molar-refractivity contribution < 1.29 is 9.00 Å². The van der Waals surface area contributed by atoms with E-state index in [2.05, 4.69) is 4.40 Å². The third kappa shape index (κ3) is 4.18. The lowest BCUT2D eigenvalue weighted by Crippen LogP contribution is -2.30. The highest BCUT2D eigenvalue weighted by atomic mass is 32.2. The first-order valence-electron chi connectivity index (χ1n) is 8.05. The first-order chi connectivity index (χ1) is 11.0. The van der Waals surface area contributed by atoms with Gasteiger partial charge in [-0.1, -0.05) is 59.7 Å². The lowest BCUT2D eigenvalue weighted by Gasteiger charge is -2.32. The van der Waals surface area contributed by atoms with Crippen molar-refractivity contribution in [2.24, 2.45) is 15.2 Å². The third-order valence-corrected chi connectivity index (χ3v) is 4.84. The second kappa shape index (κ2) is 6.60. The molecule has 4 heteroatoms. The van der Waals surface area contributed by atoms with Gasteiger partial charge in [0.25, 0.3) is 0 Å². The smallest absolute Gasteiger partial charge is 0.179 e. The van der Waals surface area contributed by atoms with Crippen LogP contribution < -0.4 is 0 Å². The van der Waals surface area contributed by atoms with Crippen LogP contribution in [0, 0.1) is 10.8 Å². The highest BCUT2D eigenvalue weighted by Crippen LogP contribution is 2.38. The fourth-order valence-electron chi connectivity index (χ4n) is 2.52. The second-order valence-corrected chi connectivity index (χ2v) is 9.17. The van der Waals surface area contributed by atoms with Crippen LogP contribution in [-0.4, -0.2) is 15.7 Å². The van der Waals surface area contributed by atoms with E-state index in [1.165, 1.54) is 0 Å². The summed E-state index contributed by atoms with van der Waals surface area (Å²) in [5, 5.41) is 0. The summed E-state index contributed by atoms with van der Waals surface area (Å²) in [4.78, 5) is 12.9. The zero-order valence-electron chi connectivity index (χ0n) is 15.2. The summed E-state index contributed by atoms with van der Waals surface area (Å²) in [7, 11) is -1.51. The third-order valence-electron chi connectivity index (χ3n) is 3.82. The number of nitrogens with zero attached hydrogens (tertiary/aromatic N) is 1. The molecule has 0 bridgehead atoms. The van der Waals surface area contributed by atoms with Crippen LogP contribution in [0.2, 0.25) is 0 Å². The number of benzene rings is 1. The Labute approximate surface area is 147 Å². The Kier molecular flexibility index (Phi) is 5.09. The summed E-state index contributed by atoms with van der Waals surface area (Å²) in [5.41, 5.74) is 1.82. The minimum Gasteiger partial charge on any atom is -0.290 e. The van der Waals surface area contributed by atoms with E-state index in [0.29, 0.717) is 10.6 Å². The Morgan fingerprint density at radius 1 is 0.833 bits per heavy atom. The van der Waals surface area contributed by atoms with Crippen LogP contribution in [0.3, 0.4) is 0 Å². The molecule has 0 aromatic heterocycles. The summed E-state index contributed by atoms with van der Waals surface area (Å²) in [6, 6.07) is 9.18. The quantitative estimate of drug-likeness (QED) is 0.732. The molecule has 3 nitrogen and oxygen atoms in total. The molecule has 0 aliphatic heterocycles. The maximum Gasteiger partial charge on any atom is 0.179 e. The van der Waals surface area contributed by atoms with E-state index in [-0.39, 0.29) is 16.6 Å². The van der Waals surface area contributed by atoms with Crippen molar-refractivity contribution in [3.05, 3.63) is 53.6 Å². The summed E-state index contributed by atoms with van der Waals surface area (Å²) in [6.07, 6.45) is 3.24. The predicted octanol–water partition coefficient (Wildman–Crippen LogP) is 4.68. The summed E-state index contributed by atoms with van der Waals surface area (Å²) >= 11 is 0. The van der Waals surface area contributed by atoms with Gasteiger partial charge in [0.1, 0.15) is 0 Å². The molecule has 1 aromatic rings. The lowest BCUT2D eigenvalue weighted by molar-refractivity contribution is -0.110. The lowest BCUT2D eigenvalue weighted by atomic mass is 9.72. The van der Waals surface area contributed by atoms with E-state index in [9.17, 15) is 9.00 Å². The van der Waals surface area contributed by atoms with Crippen LogP contribution in [-0.2, 0) is 15.8 Å². The van der Waals surface area contributed by atoms with E-state index < -0.39 is 11.0 Å². The van der Waals surface area contributed by atoms with Crippen molar-refractivity contribution in [3.8, 4) is 0 Å². The van der Waals surface area contributed by atoms with Gasteiger partial charge in [0, 0.05) is 0 Å². The molecule has 2 rings (SSSR count). The molecule has 0 heterocycles. The molecule has 24 heavy (non-hydrogen) atoms. The number of carbonyl (C=O) groups excluding carboxylic acids is 1. The molecule has 0 saturated carbocycles. The number of hydrogen-bond acceptors (Lipinski definition) is 2. The molecule has 0 saturated heterocycles. The van der Waals surface area contributed by atoms with Gasteiger partial charge in [0.15, 0.2) is 16.8 Å². The molecule has 1 aliphatic carbocycles. The van der Waals surface area contributed by atoms with Crippen molar-refractivity contribution in [1.82, 2.24) is 0 Å². The Morgan fingerprint density at radius 3 is 1.71 bits per heavy atom. The number of ketones is 1. The molecule has 1 unspecified atom stereocenters. The van der Waals surface area contributed by atoms with Crippen molar-refractivity contribution in [3.63, 3.8) is 0 Å². The first-order valence-corrected chi connectivity index (χ1v) is 9.15. The molecule has 0 amide bonds. The fraction of sp³-hybridized carbons (Fsp3) is 0.400.